The molecule has 4 rings (SSSR count). The second kappa shape index (κ2) is 7.38. The van der Waals surface area contributed by atoms with Crippen LogP contribution in [0, 0.1) is 5.82 Å². The lowest BCUT2D eigenvalue weighted by molar-refractivity contribution is 0.100. The minimum atomic E-state index is -0.553. The number of rotatable bonds is 4. The number of carbonyl (C=O) groups is 1. The summed E-state index contributed by atoms with van der Waals surface area (Å²) >= 11 is 0. The van der Waals surface area contributed by atoms with Crippen LogP contribution in [0.2, 0.25) is 0 Å². The Labute approximate surface area is 161 Å². The van der Waals surface area contributed by atoms with Crippen LogP contribution in [0.5, 0.6) is 0 Å². The number of nitrogens with two attached hydrogens (primary N) is 1. The molecule has 0 saturated carbocycles. The van der Waals surface area contributed by atoms with Crippen LogP contribution in [0.25, 0.3) is 11.1 Å². The van der Waals surface area contributed by atoms with Crippen LogP contribution in [0.15, 0.2) is 47.3 Å². The average molecular weight is 377 g/mol. The van der Waals surface area contributed by atoms with Crippen molar-refractivity contribution < 1.29 is 9.18 Å². The monoisotopic (exact) mass is 377 g/mol. The second-order valence-electron chi connectivity index (χ2n) is 7.10. The molecule has 0 unspecified atom stereocenters. The molecule has 0 spiro atoms. The number of aromatic amines is 1. The van der Waals surface area contributed by atoms with Crippen LogP contribution < -0.4 is 11.3 Å². The van der Waals surface area contributed by atoms with E-state index in [0.717, 1.165) is 48.1 Å². The average Bonchev–Trinajstić information content (AvgIpc) is 2.72. The lowest BCUT2D eigenvalue weighted by Crippen LogP contribution is -2.23. The van der Waals surface area contributed by atoms with Gasteiger partial charge in [0.2, 0.25) is 5.91 Å². The van der Waals surface area contributed by atoms with Crippen molar-refractivity contribution in [2.45, 2.75) is 32.1 Å². The molecule has 1 aromatic heterocycles. The number of nitrogens with one attached hydrogen (secondary N) is 1. The van der Waals surface area contributed by atoms with Crippen LogP contribution in [0.1, 0.15) is 45.6 Å². The van der Waals surface area contributed by atoms with Crippen molar-refractivity contribution in [3.63, 3.8) is 0 Å². The zero-order valence-corrected chi connectivity index (χ0v) is 15.3. The Hall–Kier alpha value is -3.28. The third-order valence-corrected chi connectivity index (χ3v) is 5.24. The van der Waals surface area contributed by atoms with Crippen molar-refractivity contribution in [3.05, 3.63) is 86.6 Å². The van der Waals surface area contributed by atoms with E-state index in [9.17, 15) is 14.0 Å². The lowest BCUT2D eigenvalue weighted by Gasteiger charge is -2.17. The molecule has 0 atom stereocenters. The van der Waals surface area contributed by atoms with Gasteiger partial charge in [0, 0.05) is 23.1 Å². The normalized spacial score (nSPS) is 13.2. The minimum Gasteiger partial charge on any atom is -0.366 e. The number of primary amides is 1. The number of aromatic nitrogens is 2. The van der Waals surface area contributed by atoms with Gasteiger partial charge in [-0.15, -0.1) is 0 Å². The molecule has 142 valence electrons. The Morgan fingerprint density at radius 3 is 2.68 bits per heavy atom. The molecule has 0 aliphatic heterocycles. The molecule has 1 aliphatic carbocycles. The van der Waals surface area contributed by atoms with E-state index in [0.29, 0.717) is 23.1 Å². The number of halogens is 1. The standard InChI is InChI=1S/C22H20FN3O2/c23-19-9-8-13(10-18(19)14-4-3-5-15(12-14)21(24)27)11-20-16-6-1-2-7-17(16)22(28)26-25-20/h3-5,8-10,12H,1-2,6-7,11H2,(H2,24,27)(H,26,28). The van der Waals surface area contributed by atoms with Crippen molar-refractivity contribution in [2.75, 3.05) is 0 Å². The molecule has 1 amide bonds. The smallest absolute Gasteiger partial charge is 0.267 e. The summed E-state index contributed by atoms with van der Waals surface area (Å²) in [5.41, 5.74) is 10.1. The van der Waals surface area contributed by atoms with Gasteiger partial charge in [-0.3, -0.25) is 9.59 Å². The Balaban J connectivity index is 1.72. The van der Waals surface area contributed by atoms with Gasteiger partial charge in [-0.1, -0.05) is 18.2 Å². The summed E-state index contributed by atoms with van der Waals surface area (Å²) in [6.45, 7) is 0. The van der Waals surface area contributed by atoms with Crippen molar-refractivity contribution in [2.24, 2.45) is 5.73 Å². The van der Waals surface area contributed by atoms with E-state index in [-0.39, 0.29) is 11.4 Å². The fraction of sp³-hybridized carbons (Fsp3) is 0.227. The van der Waals surface area contributed by atoms with Crippen molar-refractivity contribution in [3.8, 4) is 11.1 Å². The first-order valence-electron chi connectivity index (χ1n) is 9.31. The van der Waals surface area contributed by atoms with Gasteiger partial charge in [-0.2, -0.15) is 5.10 Å². The molecule has 0 radical (unpaired) electrons. The summed E-state index contributed by atoms with van der Waals surface area (Å²) in [4.78, 5) is 23.5. The summed E-state index contributed by atoms with van der Waals surface area (Å²) in [5, 5.41) is 6.85. The number of nitrogens with zero attached hydrogens (tertiary/aromatic N) is 1. The highest BCUT2D eigenvalue weighted by atomic mass is 19.1. The van der Waals surface area contributed by atoms with Gasteiger partial charge in [0.25, 0.3) is 5.56 Å². The fourth-order valence-corrected chi connectivity index (χ4v) is 3.81. The Bertz CT molecular complexity index is 1120. The van der Waals surface area contributed by atoms with Gasteiger partial charge in [0.1, 0.15) is 5.82 Å². The van der Waals surface area contributed by atoms with Crippen LogP contribution in [0.3, 0.4) is 0 Å². The quantitative estimate of drug-likeness (QED) is 0.732. The summed E-state index contributed by atoms with van der Waals surface area (Å²) in [7, 11) is 0. The number of benzene rings is 2. The molecule has 1 aliphatic rings. The van der Waals surface area contributed by atoms with Crippen molar-refractivity contribution >= 4 is 5.91 Å². The second-order valence-corrected chi connectivity index (χ2v) is 7.10. The van der Waals surface area contributed by atoms with Gasteiger partial charge in [0.05, 0.1) is 5.69 Å². The van der Waals surface area contributed by atoms with Crippen LogP contribution in [-0.4, -0.2) is 16.1 Å². The zero-order chi connectivity index (χ0) is 19.7. The maximum Gasteiger partial charge on any atom is 0.267 e. The van der Waals surface area contributed by atoms with E-state index >= 15 is 0 Å². The van der Waals surface area contributed by atoms with E-state index in [1.165, 1.54) is 6.07 Å². The van der Waals surface area contributed by atoms with E-state index in [2.05, 4.69) is 10.2 Å². The van der Waals surface area contributed by atoms with Crippen LogP contribution >= 0.6 is 0 Å². The summed E-state index contributed by atoms with van der Waals surface area (Å²) in [5.74, 6) is -0.927. The molecular weight excluding hydrogens is 357 g/mol. The number of hydrogen-bond acceptors (Lipinski definition) is 3. The highest BCUT2D eigenvalue weighted by Gasteiger charge is 2.18. The van der Waals surface area contributed by atoms with Crippen molar-refractivity contribution in [1.82, 2.24) is 10.2 Å². The maximum atomic E-state index is 14.5. The van der Waals surface area contributed by atoms with Gasteiger partial charge in [0.15, 0.2) is 0 Å². The summed E-state index contributed by atoms with van der Waals surface area (Å²) < 4.78 is 14.5. The van der Waals surface area contributed by atoms with Gasteiger partial charge in [-0.25, -0.2) is 9.49 Å². The molecule has 6 heteroatoms. The Morgan fingerprint density at radius 2 is 1.89 bits per heavy atom. The lowest BCUT2D eigenvalue weighted by atomic mass is 9.89. The maximum absolute atomic E-state index is 14.5. The summed E-state index contributed by atoms with van der Waals surface area (Å²) in [6, 6.07) is 11.5. The molecular formula is C22H20FN3O2. The molecule has 2 aromatic carbocycles. The molecule has 1 heterocycles. The SMILES string of the molecule is NC(=O)c1cccc(-c2cc(Cc3n[nH]c(=O)c4c3CCCC4)ccc2F)c1. The van der Waals surface area contributed by atoms with Gasteiger partial charge in [-0.05, 0) is 66.6 Å². The first-order valence-corrected chi connectivity index (χ1v) is 9.31. The van der Waals surface area contributed by atoms with Gasteiger partial charge >= 0.3 is 0 Å². The molecule has 0 fully saturated rings. The predicted octanol–water partition coefficient (Wildman–Crippen LogP) is 3.14. The predicted molar refractivity (Wildman–Crippen MR) is 105 cm³/mol. The number of H-pyrrole nitrogens is 1. The zero-order valence-electron chi connectivity index (χ0n) is 15.3. The first-order chi connectivity index (χ1) is 13.5. The van der Waals surface area contributed by atoms with Crippen LogP contribution in [-0.2, 0) is 19.3 Å². The molecule has 3 N–H and O–H groups in total. The molecule has 28 heavy (non-hydrogen) atoms. The largest absolute Gasteiger partial charge is 0.366 e. The topological polar surface area (TPSA) is 88.8 Å². The van der Waals surface area contributed by atoms with Gasteiger partial charge < -0.3 is 5.73 Å². The van der Waals surface area contributed by atoms with Crippen LogP contribution in [0.4, 0.5) is 4.39 Å². The number of hydrogen-bond donors (Lipinski definition) is 2. The van der Waals surface area contributed by atoms with E-state index in [1.807, 2.05) is 0 Å². The summed E-state index contributed by atoms with van der Waals surface area (Å²) in [6.07, 6.45) is 4.17. The van der Waals surface area contributed by atoms with E-state index in [1.54, 1.807) is 36.4 Å². The molecule has 0 bridgehead atoms. The molecule has 3 aromatic rings. The number of amides is 1. The fourth-order valence-electron chi connectivity index (χ4n) is 3.81. The minimum absolute atomic E-state index is 0.110. The molecule has 5 nitrogen and oxygen atoms in total. The number of fused-ring (bicyclic) bond motifs is 1. The third kappa shape index (κ3) is 3.45. The first kappa shape index (κ1) is 18.1. The Morgan fingerprint density at radius 1 is 1.11 bits per heavy atom. The van der Waals surface area contributed by atoms with Crippen molar-refractivity contribution in [1.29, 1.82) is 0 Å². The third-order valence-electron chi connectivity index (χ3n) is 5.24. The van der Waals surface area contributed by atoms with E-state index < -0.39 is 5.91 Å². The molecule has 0 saturated heterocycles. The van der Waals surface area contributed by atoms with E-state index in [4.69, 9.17) is 5.73 Å². The number of carbonyl (C=O) groups excluding carboxylic acids is 1. The highest BCUT2D eigenvalue weighted by Crippen LogP contribution is 2.27. The highest BCUT2D eigenvalue weighted by molar-refractivity contribution is 5.94. The Kier molecular flexibility index (Phi) is 4.77.